The summed E-state index contributed by atoms with van der Waals surface area (Å²) >= 11 is 0. The molecule has 1 heteroatoms. The van der Waals surface area contributed by atoms with E-state index < -0.39 is 5.60 Å². The van der Waals surface area contributed by atoms with Gasteiger partial charge in [0.05, 0.1) is 0 Å². The van der Waals surface area contributed by atoms with Gasteiger partial charge in [-0.1, -0.05) is 37.0 Å². The van der Waals surface area contributed by atoms with E-state index in [1.165, 1.54) is 0 Å². The van der Waals surface area contributed by atoms with Crippen molar-refractivity contribution in [2.24, 2.45) is 5.92 Å². The summed E-state index contributed by atoms with van der Waals surface area (Å²) in [6.07, 6.45) is 0.812. The highest BCUT2D eigenvalue weighted by Gasteiger charge is 2.48. The van der Waals surface area contributed by atoms with Gasteiger partial charge in [0, 0.05) is 5.56 Å². The Balaban J connectivity index is 2.14. The largest absolute Gasteiger partial charge is 0.377 e. The second kappa shape index (κ2) is 2.90. The lowest BCUT2D eigenvalue weighted by Gasteiger charge is -1.95. The minimum absolute atomic E-state index is 0.337. The van der Waals surface area contributed by atoms with Crippen LogP contribution in [-0.4, -0.2) is 10.7 Å². The Morgan fingerprint density at radius 2 is 2.00 bits per heavy atom. The zero-order valence-electron chi connectivity index (χ0n) is 7.62. The first-order valence-electron chi connectivity index (χ1n) is 4.51. The van der Waals surface area contributed by atoms with Crippen LogP contribution in [0.4, 0.5) is 0 Å². The van der Waals surface area contributed by atoms with E-state index in [-0.39, 0.29) is 0 Å². The van der Waals surface area contributed by atoms with Crippen LogP contribution in [-0.2, 0) is 0 Å². The Morgan fingerprint density at radius 1 is 1.38 bits per heavy atom. The lowest BCUT2D eigenvalue weighted by molar-refractivity contribution is 0.196. The van der Waals surface area contributed by atoms with Crippen LogP contribution in [0.2, 0.25) is 0 Å². The van der Waals surface area contributed by atoms with Gasteiger partial charge in [0.2, 0.25) is 0 Å². The van der Waals surface area contributed by atoms with E-state index in [1.807, 2.05) is 37.3 Å². The molecule has 0 aromatic heterocycles. The zero-order chi connectivity index (χ0) is 9.31. The van der Waals surface area contributed by atoms with Gasteiger partial charge in [-0.3, -0.25) is 0 Å². The summed E-state index contributed by atoms with van der Waals surface area (Å²) in [5, 5.41) is 9.68. The predicted octanol–water partition coefficient (Wildman–Crippen LogP) is 1.81. The molecule has 13 heavy (non-hydrogen) atoms. The van der Waals surface area contributed by atoms with Gasteiger partial charge >= 0.3 is 0 Å². The maximum Gasteiger partial charge on any atom is 0.128 e. The highest BCUT2D eigenvalue weighted by Crippen LogP contribution is 2.42. The van der Waals surface area contributed by atoms with Crippen molar-refractivity contribution in [3.05, 3.63) is 35.9 Å². The summed E-state index contributed by atoms with van der Waals surface area (Å²) in [5.41, 5.74) is 0.269. The molecule has 1 nitrogen and oxygen atoms in total. The van der Waals surface area contributed by atoms with Gasteiger partial charge < -0.3 is 5.11 Å². The maximum atomic E-state index is 9.68. The third-order valence-electron chi connectivity index (χ3n) is 2.47. The lowest BCUT2D eigenvalue weighted by Crippen LogP contribution is -2.05. The predicted molar refractivity (Wildman–Crippen MR) is 52.1 cm³/mol. The quantitative estimate of drug-likeness (QED) is 0.592. The molecule has 1 aromatic rings. The fraction of sp³-hybridized carbons (Fsp3) is 0.333. The highest BCUT2D eigenvalue weighted by atomic mass is 16.3. The van der Waals surface area contributed by atoms with Crippen molar-refractivity contribution in [1.82, 2.24) is 0 Å². The molecule has 1 aliphatic rings. The molecule has 2 rings (SSSR count). The SMILES string of the molecule is C[C@H]1C[C@]1(O)C#Cc1ccccc1. The third-order valence-corrected chi connectivity index (χ3v) is 2.47. The molecule has 2 atom stereocenters. The summed E-state index contributed by atoms with van der Waals surface area (Å²) in [5.74, 6) is 6.22. The average Bonchev–Trinajstić information content (AvgIpc) is 2.74. The van der Waals surface area contributed by atoms with Gasteiger partial charge in [-0.15, -0.1) is 0 Å². The first-order valence-corrected chi connectivity index (χ1v) is 4.51. The van der Waals surface area contributed by atoms with Crippen LogP contribution in [0.25, 0.3) is 0 Å². The van der Waals surface area contributed by atoms with E-state index in [4.69, 9.17) is 0 Å². The molecule has 0 radical (unpaired) electrons. The summed E-state index contributed by atoms with van der Waals surface area (Å²) in [6.45, 7) is 2.01. The van der Waals surface area contributed by atoms with Crippen LogP contribution in [0.15, 0.2) is 30.3 Å². The Hall–Kier alpha value is -1.26. The van der Waals surface area contributed by atoms with Crippen molar-refractivity contribution in [1.29, 1.82) is 0 Å². The van der Waals surface area contributed by atoms with Crippen LogP contribution in [0.3, 0.4) is 0 Å². The molecule has 66 valence electrons. The molecule has 0 amide bonds. The molecule has 0 aliphatic heterocycles. The monoisotopic (exact) mass is 172 g/mol. The van der Waals surface area contributed by atoms with Crippen LogP contribution in [0, 0.1) is 17.8 Å². The van der Waals surface area contributed by atoms with Gasteiger partial charge in [-0.2, -0.15) is 0 Å². The molecule has 0 bridgehead atoms. The van der Waals surface area contributed by atoms with Gasteiger partial charge in [0.25, 0.3) is 0 Å². The molecule has 1 aliphatic carbocycles. The van der Waals surface area contributed by atoms with E-state index in [0.29, 0.717) is 5.92 Å². The number of rotatable bonds is 0. The highest BCUT2D eigenvalue weighted by molar-refractivity contribution is 5.38. The van der Waals surface area contributed by atoms with Gasteiger partial charge in [-0.25, -0.2) is 0 Å². The van der Waals surface area contributed by atoms with Crippen LogP contribution in [0.5, 0.6) is 0 Å². The van der Waals surface area contributed by atoms with E-state index in [9.17, 15) is 5.11 Å². The Bertz CT molecular complexity index is 358. The van der Waals surface area contributed by atoms with Gasteiger partial charge in [0.1, 0.15) is 5.60 Å². The number of benzene rings is 1. The fourth-order valence-electron chi connectivity index (χ4n) is 1.28. The van der Waals surface area contributed by atoms with Crippen molar-refractivity contribution >= 4 is 0 Å². The van der Waals surface area contributed by atoms with Crippen molar-refractivity contribution < 1.29 is 5.11 Å². The third kappa shape index (κ3) is 1.74. The van der Waals surface area contributed by atoms with Crippen molar-refractivity contribution in [2.75, 3.05) is 0 Å². The zero-order valence-corrected chi connectivity index (χ0v) is 7.62. The topological polar surface area (TPSA) is 20.2 Å². The summed E-state index contributed by atoms with van der Waals surface area (Å²) < 4.78 is 0. The lowest BCUT2D eigenvalue weighted by atomic mass is 10.2. The molecular weight excluding hydrogens is 160 g/mol. The maximum absolute atomic E-state index is 9.68. The van der Waals surface area contributed by atoms with Crippen molar-refractivity contribution in [3.8, 4) is 11.8 Å². The molecule has 0 spiro atoms. The van der Waals surface area contributed by atoms with E-state index in [0.717, 1.165) is 12.0 Å². The second-order valence-electron chi connectivity index (χ2n) is 3.65. The molecule has 1 N–H and O–H groups in total. The van der Waals surface area contributed by atoms with Crippen LogP contribution >= 0.6 is 0 Å². The smallest absolute Gasteiger partial charge is 0.128 e. The van der Waals surface area contributed by atoms with Crippen molar-refractivity contribution in [3.63, 3.8) is 0 Å². The molecule has 1 aromatic carbocycles. The van der Waals surface area contributed by atoms with Crippen LogP contribution < -0.4 is 0 Å². The molecule has 0 heterocycles. The number of hydrogen-bond donors (Lipinski definition) is 1. The Labute approximate surface area is 78.4 Å². The number of hydrogen-bond acceptors (Lipinski definition) is 1. The van der Waals surface area contributed by atoms with Crippen molar-refractivity contribution in [2.45, 2.75) is 18.9 Å². The molecule has 0 saturated heterocycles. The van der Waals surface area contributed by atoms with Crippen LogP contribution in [0.1, 0.15) is 18.9 Å². The van der Waals surface area contributed by atoms with E-state index >= 15 is 0 Å². The average molecular weight is 172 g/mol. The Kier molecular flexibility index (Phi) is 1.86. The normalized spacial score (nSPS) is 30.5. The van der Waals surface area contributed by atoms with E-state index in [1.54, 1.807) is 0 Å². The standard InChI is InChI=1S/C12H12O/c1-10-9-12(10,13)8-7-11-5-3-2-4-6-11/h2-6,10,13H,9H2,1H3/t10-,12+/m0/s1. The number of aliphatic hydroxyl groups is 1. The minimum Gasteiger partial charge on any atom is -0.377 e. The summed E-state index contributed by atoms with van der Waals surface area (Å²) in [4.78, 5) is 0. The second-order valence-corrected chi connectivity index (χ2v) is 3.65. The summed E-state index contributed by atoms with van der Waals surface area (Å²) in [7, 11) is 0. The van der Waals surface area contributed by atoms with E-state index in [2.05, 4.69) is 11.8 Å². The summed E-state index contributed by atoms with van der Waals surface area (Å²) in [6, 6.07) is 9.75. The molecular formula is C12H12O. The minimum atomic E-state index is -0.699. The molecule has 0 unspecified atom stereocenters. The first-order chi connectivity index (χ1) is 6.21. The fourth-order valence-corrected chi connectivity index (χ4v) is 1.28. The Morgan fingerprint density at radius 3 is 2.54 bits per heavy atom. The molecule has 1 fully saturated rings. The first kappa shape index (κ1) is 8.34. The molecule has 1 saturated carbocycles. The van der Waals surface area contributed by atoms with Gasteiger partial charge in [-0.05, 0) is 24.5 Å². The van der Waals surface area contributed by atoms with Gasteiger partial charge in [0.15, 0.2) is 0 Å².